The topological polar surface area (TPSA) is 71.4 Å². The van der Waals surface area contributed by atoms with Crippen molar-refractivity contribution in [3.63, 3.8) is 0 Å². The SMILES string of the molecule is Cc1ccc(S(=O)(=O)C(CC#Cc2ccc(C(C)(C)C)cc2)C(=O)O)cc1. The first-order valence-electron chi connectivity index (χ1n) is 8.64. The van der Waals surface area contributed by atoms with Crippen LogP contribution in [0.3, 0.4) is 0 Å². The van der Waals surface area contributed by atoms with Crippen molar-refractivity contribution in [1.82, 2.24) is 0 Å². The molecule has 1 atom stereocenters. The highest BCUT2D eigenvalue weighted by molar-refractivity contribution is 7.92. The molecule has 2 aromatic carbocycles. The number of carboxylic acid groups (broad SMARTS) is 1. The molecule has 0 aromatic heterocycles. The van der Waals surface area contributed by atoms with Gasteiger partial charge in [-0.05, 0) is 42.2 Å². The molecule has 0 saturated heterocycles. The van der Waals surface area contributed by atoms with Crippen LogP contribution in [0, 0.1) is 18.8 Å². The minimum atomic E-state index is -4.00. The van der Waals surface area contributed by atoms with Gasteiger partial charge < -0.3 is 5.11 Å². The number of carboxylic acids is 1. The fourth-order valence-corrected chi connectivity index (χ4v) is 3.93. The Kier molecular flexibility index (Phi) is 6.12. The number of aliphatic carboxylic acids is 1. The Balaban J connectivity index is 2.22. The number of rotatable bonds is 4. The second-order valence-electron chi connectivity index (χ2n) is 7.52. The Morgan fingerprint density at radius 1 is 1.04 bits per heavy atom. The third kappa shape index (κ3) is 5.21. The lowest BCUT2D eigenvalue weighted by Crippen LogP contribution is -2.29. The van der Waals surface area contributed by atoms with Crippen LogP contribution in [-0.2, 0) is 20.0 Å². The van der Waals surface area contributed by atoms with E-state index in [0.29, 0.717) is 0 Å². The van der Waals surface area contributed by atoms with Crippen LogP contribution in [0.1, 0.15) is 43.9 Å². The maximum atomic E-state index is 12.6. The van der Waals surface area contributed by atoms with E-state index >= 15 is 0 Å². The van der Waals surface area contributed by atoms with E-state index in [1.807, 2.05) is 31.2 Å². The molecule has 0 heterocycles. The lowest BCUT2D eigenvalue weighted by atomic mass is 9.87. The Labute approximate surface area is 161 Å². The van der Waals surface area contributed by atoms with Crippen molar-refractivity contribution < 1.29 is 18.3 Å². The molecular weight excluding hydrogens is 360 g/mol. The summed E-state index contributed by atoms with van der Waals surface area (Å²) in [5.74, 6) is 4.19. The lowest BCUT2D eigenvalue weighted by Gasteiger charge is -2.18. The van der Waals surface area contributed by atoms with Crippen LogP contribution in [-0.4, -0.2) is 24.7 Å². The molecule has 5 heteroatoms. The monoisotopic (exact) mass is 384 g/mol. The quantitative estimate of drug-likeness (QED) is 0.810. The van der Waals surface area contributed by atoms with Crippen LogP contribution in [0.15, 0.2) is 53.4 Å². The molecule has 0 fully saturated rings. The van der Waals surface area contributed by atoms with Gasteiger partial charge in [-0.1, -0.05) is 62.4 Å². The molecule has 2 aromatic rings. The minimum Gasteiger partial charge on any atom is -0.480 e. The average Bonchev–Trinajstić information content (AvgIpc) is 2.58. The van der Waals surface area contributed by atoms with Gasteiger partial charge in [-0.3, -0.25) is 4.79 Å². The molecule has 0 saturated carbocycles. The van der Waals surface area contributed by atoms with Gasteiger partial charge in [0.2, 0.25) is 0 Å². The fraction of sp³-hybridized carbons (Fsp3) is 0.318. The van der Waals surface area contributed by atoms with Crippen LogP contribution < -0.4 is 0 Å². The summed E-state index contributed by atoms with van der Waals surface area (Å²) < 4.78 is 25.3. The van der Waals surface area contributed by atoms with E-state index in [9.17, 15) is 18.3 Å². The Hall–Kier alpha value is -2.58. The number of sulfone groups is 1. The summed E-state index contributed by atoms with van der Waals surface area (Å²) in [7, 11) is -4.00. The maximum Gasteiger partial charge on any atom is 0.323 e. The summed E-state index contributed by atoms with van der Waals surface area (Å²) in [5.41, 5.74) is 2.82. The van der Waals surface area contributed by atoms with Crippen molar-refractivity contribution in [2.24, 2.45) is 0 Å². The third-order valence-electron chi connectivity index (χ3n) is 4.27. The summed E-state index contributed by atoms with van der Waals surface area (Å²) in [6.07, 6.45) is -0.271. The van der Waals surface area contributed by atoms with E-state index in [-0.39, 0.29) is 16.7 Å². The number of hydrogen-bond acceptors (Lipinski definition) is 3. The molecular formula is C22H24O4S. The van der Waals surface area contributed by atoms with Crippen molar-refractivity contribution in [3.8, 4) is 11.8 Å². The molecule has 1 N–H and O–H groups in total. The number of benzene rings is 2. The zero-order valence-corrected chi connectivity index (χ0v) is 16.8. The van der Waals surface area contributed by atoms with Crippen LogP contribution >= 0.6 is 0 Å². The predicted octanol–water partition coefficient (Wildman–Crippen LogP) is 3.96. The number of aryl methyl sites for hydroxylation is 1. The Morgan fingerprint density at radius 2 is 1.59 bits per heavy atom. The first-order chi connectivity index (χ1) is 12.5. The molecule has 0 amide bonds. The maximum absolute atomic E-state index is 12.6. The molecule has 142 valence electrons. The molecule has 27 heavy (non-hydrogen) atoms. The summed E-state index contributed by atoms with van der Waals surface area (Å²) in [5, 5.41) is 7.81. The lowest BCUT2D eigenvalue weighted by molar-refractivity contribution is -0.136. The number of hydrogen-bond donors (Lipinski definition) is 1. The van der Waals surface area contributed by atoms with E-state index in [1.165, 1.54) is 17.7 Å². The summed E-state index contributed by atoms with van der Waals surface area (Å²) in [4.78, 5) is 11.5. The van der Waals surface area contributed by atoms with Gasteiger partial charge in [-0.15, -0.1) is 0 Å². The Morgan fingerprint density at radius 3 is 2.07 bits per heavy atom. The van der Waals surface area contributed by atoms with Crippen molar-refractivity contribution in [2.75, 3.05) is 0 Å². The average molecular weight is 384 g/mol. The Bertz CT molecular complexity index is 968. The van der Waals surface area contributed by atoms with Crippen LogP contribution in [0.5, 0.6) is 0 Å². The second-order valence-corrected chi connectivity index (χ2v) is 9.65. The molecule has 0 bridgehead atoms. The molecule has 1 unspecified atom stereocenters. The summed E-state index contributed by atoms with van der Waals surface area (Å²) in [6.45, 7) is 8.17. The van der Waals surface area contributed by atoms with Gasteiger partial charge in [0.15, 0.2) is 15.1 Å². The largest absolute Gasteiger partial charge is 0.480 e. The van der Waals surface area contributed by atoms with E-state index in [4.69, 9.17) is 0 Å². The van der Waals surface area contributed by atoms with Gasteiger partial charge in [-0.25, -0.2) is 8.42 Å². The van der Waals surface area contributed by atoms with Gasteiger partial charge in [-0.2, -0.15) is 0 Å². The minimum absolute atomic E-state index is 0.00294. The summed E-state index contributed by atoms with van der Waals surface area (Å²) in [6, 6.07) is 13.8. The zero-order valence-electron chi connectivity index (χ0n) is 16.0. The normalized spacial score (nSPS) is 12.7. The highest BCUT2D eigenvalue weighted by Crippen LogP contribution is 2.22. The summed E-state index contributed by atoms with van der Waals surface area (Å²) >= 11 is 0. The zero-order chi connectivity index (χ0) is 20.2. The molecule has 0 aliphatic rings. The van der Waals surface area contributed by atoms with Gasteiger partial charge in [0.05, 0.1) is 4.90 Å². The fourth-order valence-electron chi connectivity index (χ4n) is 2.52. The van der Waals surface area contributed by atoms with Crippen molar-refractivity contribution >= 4 is 15.8 Å². The van der Waals surface area contributed by atoms with E-state index < -0.39 is 21.1 Å². The second kappa shape index (κ2) is 7.98. The van der Waals surface area contributed by atoms with Crippen LogP contribution in [0.2, 0.25) is 0 Å². The standard InChI is InChI=1S/C22H24O4S/c1-16-8-14-19(15-9-16)27(25,26)20(21(23)24)7-5-6-17-10-12-18(13-11-17)22(2,3)4/h8-15,20H,7H2,1-4H3,(H,23,24). The van der Waals surface area contributed by atoms with Gasteiger partial charge in [0.1, 0.15) is 0 Å². The highest BCUT2D eigenvalue weighted by atomic mass is 32.2. The van der Waals surface area contributed by atoms with E-state index in [1.54, 1.807) is 12.1 Å². The molecule has 0 spiro atoms. The molecule has 2 rings (SSSR count). The van der Waals surface area contributed by atoms with Crippen LogP contribution in [0.4, 0.5) is 0 Å². The van der Waals surface area contributed by atoms with Gasteiger partial charge in [0, 0.05) is 12.0 Å². The smallest absolute Gasteiger partial charge is 0.323 e. The van der Waals surface area contributed by atoms with E-state index in [2.05, 4.69) is 32.6 Å². The van der Waals surface area contributed by atoms with Gasteiger partial charge in [0.25, 0.3) is 0 Å². The number of carbonyl (C=O) groups is 1. The molecule has 0 radical (unpaired) electrons. The first-order valence-corrected chi connectivity index (χ1v) is 10.2. The van der Waals surface area contributed by atoms with Crippen molar-refractivity contribution in [3.05, 3.63) is 65.2 Å². The van der Waals surface area contributed by atoms with E-state index in [0.717, 1.165) is 11.1 Å². The predicted molar refractivity (Wildman–Crippen MR) is 106 cm³/mol. The molecule has 0 aliphatic heterocycles. The van der Waals surface area contributed by atoms with Crippen LogP contribution in [0.25, 0.3) is 0 Å². The van der Waals surface area contributed by atoms with Crippen molar-refractivity contribution in [1.29, 1.82) is 0 Å². The molecule has 0 aliphatic carbocycles. The highest BCUT2D eigenvalue weighted by Gasteiger charge is 2.33. The third-order valence-corrected chi connectivity index (χ3v) is 6.32. The first kappa shape index (κ1) is 20.7. The molecule has 4 nitrogen and oxygen atoms in total. The van der Waals surface area contributed by atoms with Gasteiger partial charge >= 0.3 is 5.97 Å². The van der Waals surface area contributed by atoms with Crippen molar-refractivity contribution in [2.45, 2.75) is 49.7 Å².